The number of aliphatic hydroxyl groups excluding tert-OH is 1. The van der Waals surface area contributed by atoms with Crippen LogP contribution in [0.1, 0.15) is 18.6 Å². The Labute approximate surface area is 132 Å². The van der Waals surface area contributed by atoms with Crippen LogP contribution in [0.5, 0.6) is 0 Å². The summed E-state index contributed by atoms with van der Waals surface area (Å²) in [6.45, 7) is 2.06. The minimum Gasteiger partial charge on any atom is -0.388 e. The number of thioether (sulfide) groups is 1. The number of hydrogen-bond acceptors (Lipinski definition) is 4. The summed E-state index contributed by atoms with van der Waals surface area (Å²) in [5.41, 5.74) is 1.89. The Morgan fingerprint density at radius 3 is 2.71 bits per heavy atom. The van der Waals surface area contributed by atoms with Gasteiger partial charge in [0.05, 0.1) is 12.1 Å². The molecule has 1 aliphatic heterocycles. The number of nitrogens with zero attached hydrogens (tertiary/aromatic N) is 1. The molecule has 2 heterocycles. The molecule has 1 saturated heterocycles. The fraction of sp³-hybridized carbons (Fsp3) is 0.312. The summed E-state index contributed by atoms with van der Waals surface area (Å²) in [7, 11) is 0. The van der Waals surface area contributed by atoms with Gasteiger partial charge in [-0.05, 0) is 41.4 Å². The second kappa shape index (κ2) is 6.22. The fourth-order valence-electron chi connectivity index (χ4n) is 2.51. The quantitative estimate of drug-likeness (QED) is 0.860. The van der Waals surface area contributed by atoms with E-state index in [4.69, 9.17) is 0 Å². The number of β-lactam (4-membered cyclic amide) rings is 1. The molecule has 1 aliphatic rings. The van der Waals surface area contributed by atoms with Crippen molar-refractivity contribution >= 4 is 34.7 Å². The largest absolute Gasteiger partial charge is 0.388 e. The van der Waals surface area contributed by atoms with Crippen molar-refractivity contribution in [2.75, 3.05) is 10.7 Å². The number of amides is 1. The maximum absolute atomic E-state index is 12.3. The van der Waals surface area contributed by atoms with Crippen molar-refractivity contribution in [2.24, 2.45) is 0 Å². The molecule has 2 aromatic rings. The molecule has 0 spiro atoms. The second-order valence-corrected chi connectivity index (χ2v) is 7.07. The summed E-state index contributed by atoms with van der Waals surface area (Å²) >= 11 is 3.12. The van der Waals surface area contributed by atoms with Crippen LogP contribution in [0.2, 0.25) is 0 Å². The number of thiophene rings is 1. The molecular weight excluding hydrogens is 302 g/mol. The average Bonchev–Trinajstić information content (AvgIpc) is 3.03. The van der Waals surface area contributed by atoms with Gasteiger partial charge in [0.25, 0.3) is 0 Å². The van der Waals surface area contributed by atoms with Crippen LogP contribution < -0.4 is 4.90 Å². The van der Waals surface area contributed by atoms with Crippen LogP contribution in [0.3, 0.4) is 0 Å². The third kappa shape index (κ3) is 2.86. The molecular formula is C16H17NO2S2. The molecule has 110 valence electrons. The van der Waals surface area contributed by atoms with Crippen molar-refractivity contribution in [1.29, 1.82) is 0 Å². The van der Waals surface area contributed by atoms with Gasteiger partial charge in [-0.2, -0.15) is 11.3 Å². The number of para-hydroxylation sites is 1. The monoisotopic (exact) mass is 319 g/mol. The first-order valence-electron chi connectivity index (χ1n) is 6.88. The minimum absolute atomic E-state index is 0.0570. The zero-order valence-corrected chi connectivity index (χ0v) is 13.3. The van der Waals surface area contributed by atoms with E-state index in [9.17, 15) is 9.90 Å². The molecule has 1 aromatic heterocycles. The average molecular weight is 319 g/mol. The molecule has 1 amide bonds. The molecule has 1 N–H and O–H groups in total. The second-order valence-electron chi connectivity index (χ2n) is 5.11. The number of carbonyl (C=O) groups is 1. The third-order valence-electron chi connectivity index (χ3n) is 3.72. The fourth-order valence-corrected chi connectivity index (χ4v) is 4.46. The van der Waals surface area contributed by atoms with E-state index >= 15 is 0 Å². The van der Waals surface area contributed by atoms with Crippen LogP contribution >= 0.6 is 23.1 Å². The first kappa shape index (κ1) is 14.6. The number of rotatable bonds is 5. The highest BCUT2D eigenvalue weighted by Gasteiger charge is 2.45. The molecule has 0 radical (unpaired) electrons. The van der Waals surface area contributed by atoms with E-state index in [0.29, 0.717) is 5.75 Å². The molecule has 3 nitrogen and oxygen atoms in total. The van der Waals surface area contributed by atoms with Crippen molar-refractivity contribution in [3.63, 3.8) is 0 Å². The molecule has 3 atom stereocenters. The van der Waals surface area contributed by atoms with Crippen LogP contribution in [-0.4, -0.2) is 28.1 Å². The normalized spacial score (nSPS) is 23.0. The predicted molar refractivity (Wildman–Crippen MR) is 88.9 cm³/mol. The van der Waals surface area contributed by atoms with Gasteiger partial charge in [-0.25, -0.2) is 0 Å². The topological polar surface area (TPSA) is 40.5 Å². The summed E-state index contributed by atoms with van der Waals surface area (Å²) in [5.74, 6) is 0.691. The van der Waals surface area contributed by atoms with Crippen LogP contribution in [0.4, 0.5) is 5.69 Å². The first-order chi connectivity index (χ1) is 10.2. The van der Waals surface area contributed by atoms with Crippen LogP contribution in [0.15, 0.2) is 47.2 Å². The van der Waals surface area contributed by atoms with Crippen molar-refractivity contribution in [3.8, 4) is 0 Å². The van der Waals surface area contributed by atoms with Gasteiger partial charge >= 0.3 is 0 Å². The number of hydrogen-bond donors (Lipinski definition) is 1. The lowest BCUT2D eigenvalue weighted by Gasteiger charge is -2.45. The Hall–Kier alpha value is -1.30. The van der Waals surface area contributed by atoms with Crippen molar-refractivity contribution < 1.29 is 9.90 Å². The molecule has 3 rings (SSSR count). The Morgan fingerprint density at radius 2 is 2.10 bits per heavy atom. The lowest BCUT2D eigenvalue weighted by atomic mass is 10.0. The van der Waals surface area contributed by atoms with Gasteiger partial charge in [0.2, 0.25) is 5.91 Å². The molecule has 0 bridgehead atoms. The van der Waals surface area contributed by atoms with Gasteiger partial charge < -0.3 is 10.0 Å². The lowest BCUT2D eigenvalue weighted by molar-refractivity contribution is -0.123. The van der Waals surface area contributed by atoms with Crippen molar-refractivity contribution in [1.82, 2.24) is 0 Å². The molecule has 0 saturated carbocycles. The number of anilines is 1. The van der Waals surface area contributed by atoms with Gasteiger partial charge in [0.15, 0.2) is 0 Å². The highest BCUT2D eigenvalue weighted by atomic mass is 32.2. The van der Waals surface area contributed by atoms with E-state index in [1.165, 1.54) is 0 Å². The van der Waals surface area contributed by atoms with E-state index in [0.717, 1.165) is 11.3 Å². The maximum atomic E-state index is 12.3. The summed E-state index contributed by atoms with van der Waals surface area (Å²) in [6.07, 6.45) is -0.493. The molecule has 0 aliphatic carbocycles. The Balaban J connectivity index is 1.58. The zero-order valence-electron chi connectivity index (χ0n) is 11.7. The minimum atomic E-state index is -0.493. The molecule has 21 heavy (non-hydrogen) atoms. The van der Waals surface area contributed by atoms with Gasteiger partial charge in [-0.15, -0.1) is 11.8 Å². The predicted octanol–water partition coefficient (Wildman–Crippen LogP) is 3.32. The molecule has 5 heteroatoms. The Bertz CT molecular complexity index is 600. The van der Waals surface area contributed by atoms with E-state index < -0.39 is 6.10 Å². The number of carbonyl (C=O) groups excluding carboxylic acids is 1. The van der Waals surface area contributed by atoms with Crippen LogP contribution in [0, 0.1) is 0 Å². The highest BCUT2D eigenvalue weighted by molar-refractivity contribution is 8.00. The maximum Gasteiger partial charge on any atom is 0.242 e. The van der Waals surface area contributed by atoms with Crippen molar-refractivity contribution in [2.45, 2.75) is 24.3 Å². The Kier molecular flexibility index (Phi) is 4.33. The number of benzene rings is 1. The lowest BCUT2D eigenvalue weighted by Crippen LogP contribution is -2.62. The van der Waals surface area contributed by atoms with Crippen LogP contribution in [-0.2, 0) is 4.79 Å². The van der Waals surface area contributed by atoms with E-state index in [-0.39, 0.29) is 17.2 Å². The smallest absolute Gasteiger partial charge is 0.242 e. The van der Waals surface area contributed by atoms with Crippen molar-refractivity contribution in [3.05, 3.63) is 52.7 Å². The summed E-state index contributed by atoms with van der Waals surface area (Å²) < 4.78 is 0. The van der Waals surface area contributed by atoms with Gasteiger partial charge in [-0.1, -0.05) is 18.2 Å². The zero-order chi connectivity index (χ0) is 14.8. The SMILES string of the molecule is CC1C(SCC(O)c2ccsc2)C(=O)N1c1ccccc1. The molecule has 1 fully saturated rings. The van der Waals surface area contributed by atoms with Crippen LogP contribution in [0.25, 0.3) is 0 Å². The summed E-state index contributed by atoms with van der Waals surface area (Å²) in [6, 6.07) is 11.8. The number of aliphatic hydroxyl groups is 1. The third-order valence-corrected chi connectivity index (χ3v) is 5.89. The first-order valence-corrected chi connectivity index (χ1v) is 8.87. The standard InChI is InChI=1S/C16H17NO2S2/c1-11-15(21-10-14(18)12-7-8-20-9-12)16(19)17(11)13-5-3-2-4-6-13/h2-9,11,14-15,18H,10H2,1H3. The Morgan fingerprint density at radius 1 is 1.33 bits per heavy atom. The van der Waals surface area contributed by atoms with Gasteiger partial charge in [0, 0.05) is 11.4 Å². The van der Waals surface area contributed by atoms with Gasteiger partial charge in [0.1, 0.15) is 5.25 Å². The molecule has 3 unspecified atom stereocenters. The van der Waals surface area contributed by atoms with E-state index in [1.807, 2.05) is 52.1 Å². The van der Waals surface area contributed by atoms with E-state index in [2.05, 4.69) is 6.92 Å². The summed E-state index contributed by atoms with van der Waals surface area (Å²) in [4.78, 5) is 14.1. The summed E-state index contributed by atoms with van der Waals surface area (Å²) in [5, 5.41) is 13.9. The molecule has 1 aromatic carbocycles. The van der Waals surface area contributed by atoms with E-state index in [1.54, 1.807) is 23.1 Å². The highest BCUT2D eigenvalue weighted by Crippen LogP contribution is 2.36. The van der Waals surface area contributed by atoms with Gasteiger partial charge in [-0.3, -0.25) is 4.79 Å².